The van der Waals surface area contributed by atoms with Crippen LogP contribution in [0.3, 0.4) is 0 Å². The lowest BCUT2D eigenvalue weighted by atomic mass is 10.1. The molecule has 11 heteroatoms. The first-order valence-corrected chi connectivity index (χ1v) is 14.3. The van der Waals surface area contributed by atoms with E-state index in [1.807, 2.05) is 31.2 Å². The lowest BCUT2D eigenvalue weighted by Gasteiger charge is -2.20. The predicted molar refractivity (Wildman–Crippen MR) is 156 cm³/mol. The third-order valence-electron chi connectivity index (χ3n) is 5.35. The molecular formula is C27H29IN4O5S. The van der Waals surface area contributed by atoms with Crippen LogP contribution in [0.2, 0.25) is 0 Å². The standard InChI is InChI=1S/C27H29IN4O5S/c1-18(2)26(32-38(35,36)22-14-8-19(3)9-15-22)27(34)31-29-16-20-10-12-21(13-11-20)37-17-25(33)30-24-7-5-4-6-23(24)28/h4-16,18,26,32H,17H2,1-3H3,(H,30,33)(H,31,34)/b29-16-/t26-/m0/s1. The molecule has 0 aliphatic carbocycles. The molecule has 0 bridgehead atoms. The molecule has 3 aromatic carbocycles. The van der Waals surface area contributed by atoms with E-state index >= 15 is 0 Å². The number of amides is 2. The Morgan fingerprint density at radius 1 is 1.00 bits per heavy atom. The van der Waals surface area contributed by atoms with Crippen LogP contribution in [0.5, 0.6) is 5.75 Å². The molecule has 0 radical (unpaired) electrons. The monoisotopic (exact) mass is 648 g/mol. The summed E-state index contributed by atoms with van der Waals surface area (Å²) >= 11 is 2.14. The van der Waals surface area contributed by atoms with E-state index < -0.39 is 22.0 Å². The van der Waals surface area contributed by atoms with Crippen LogP contribution in [-0.2, 0) is 19.6 Å². The molecule has 0 heterocycles. The van der Waals surface area contributed by atoms with Gasteiger partial charge in [0.1, 0.15) is 11.8 Å². The van der Waals surface area contributed by atoms with Crippen molar-refractivity contribution in [2.45, 2.75) is 31.7 Å². The van der Waals surface area contributed by atoms with E-state index in [1.165, 1.54) is 18.3 Å². The maximum Gasteiger partial charge on any atom is 0.262 e. The summed E-state index contributed by atoms with van der Waals surface area (Å²) in [4.78, 5) is 24.9. The number of rotatable bonds is 11. The normalized spacial score (nSPS) is 12.3. The van der Waals surface area contributed by atoms with Gasteiger partial charge in [-0.05, 0) is 89.5 Å². The van der Waals surface area contributed by atoms with E-state index in [1.54, 1.807) is 50.2 Å². The molecule has 0 aliphatic heterocycles. The molecule has 0 saturated heterocycles. The van der Waals surface area contributed by atoms with Crippen molar-refractivity contribution < 1.29 is 22.7 Å². The second-order valence-corrected chi connectivity index (χ2v) is 11.7. The number of nitrogens with zero attached hydrogens (tertiary/aromatic N) is 1. The average Bonchev–Trinajstić information content (AvgIpc) is 2.88. The van der Waals surface area contributed by atoms with Gasteiger partial charge in [-0.1, -0.05) is 43.7 Å². The van der Waals surface area contributed by atoms with Gasteiger partial charge in [0.25, 0.3) is 11.8 Å². The van der Waals surface area contributed by atoms with Crippen LogP contribution >= 0.6 is 22.6 Å². The van der Waals surface area contributed by atoms with E-state index in [4.69, 9.17) is 4.74 Å². The minimum Gasteiger partial charge on any atom is -0.484 e. The van der Waals surface area contributed by atoms with Gasteiger partial charge in [0.2, 0.25) is 10.0 Å². The van der Waals surface area contributed by atoms with Gasteiger partial charge < -0.3 is 10.1 Å². The van der Waals surface area contributed by atoms with E-state index in [2.05, 4.69) is 43.2 Å². The van der Waals surface area contributed by atoms with Crippen LogP contribution in [-0.4, -0.2) is 39.1 Å². The van der Waals surface area contributed by atoms with Crippen LogP contribution in [0.25, 0.3) is 0 Å². The first kappa shape index (κ1) is 29.3. The number of carbonyl (C=O) groups is 2. The summed E-state index contributed by atoms with van der Waals surface area (Å²) in [6, 6.07) is 19.6. The smallest absolute Gasteiger partial charge is 0.262 e. The number of aryl methyl sites for hydroxylation is 1. The van der Waals surface area contributed by atoms with Crippen molar-refractivity contribution in [3.63, 3.8) is 0 Å². The summed E-state index contributed by atoms with van der Waals surface area (Å²) in [6.07, 6.45) is 1.43. The minimum atomic E-state index is -3.89. The maximum atomic E-state index is 12.7. The summed E-state index contributed by atoms with van der Waals surface area (Å²) in [5.41, 5.74) is 4.72. The minimum absolute atomic E-state index is 0.0830. The van der Waals surface area contributed by atoms with Gasteiger partial charge in [0.05, 0.1) is 16.8 Å². The second-order valence-electron chi connectivity index (χ2n) is 8.78. The fraction of sp³-hybridized carbons (Fsp3) is 0.222. The number of anilines is 1. The molecule has 0 unspecified atom stereocenters. The number of benzene rings is 3. The quantitative estimate of drug-likeness (QED) is 0.164. The highest BCUT2D eigenvalue weighted by Crippen LogP contribution is 2.17. The van der Waals surface area contributed by atoms with Gasteiger partial charge in [-0.15, -0.1) is 0 Å². The summed E-state index contributed by atoms with van der Waals surface area (Å²) in [5.74, 6) is -0.676. The molecule has 0 spiro atoms. The fourth-order valence-electron chi connectivity index (χ4n) is 3.23. The summed E-state index contributed by atoms with van der Waals surface area (Å²) in [5, 5.41) is 6.75. The third-order valence-corrected chi connectivity index (χ3v) is 7.75. The molecule has 200 valence electrons. The molecule has 3 rings (SSSR count). The van der Waals surface area contributed by atoms with Crippen LogP contribution in [0.1, 0.15) is 25.0 Å². The van der Waals surface area contributed by atoms with E-state index in [9.17, 15) is 18.0 Å². The van der Waals surface area contributed by atoms with Gasteiger partial charge in [0, 0.05) is 3.57 Å². The molecular weight excluding hydrogens is 619 g/mol. The van der Waals surface area contributed by atoms with Gasteiger partial charge >= 0.3 is 0 Å². The Morgan fingerprint density at radius 2 is 1.66 bits per heavy atom. The van der Waals surface area contributed by atoms with E-state index in [0.29, 0.717) is 11.3 Å². The Kier molecular flexibility index (Phi) is 10.4. The van der Waals surface area contributed by atoms with Gasteiger partial charge in [0.15, 0.2) is 6.61 Å². The molecule has 0 aliphatic rings. The first-order chi connectivity index (χ1) is 18.0. The number of hydrogen-bond donors (Lipinski definition) is 3. The molecule has 3 aromatic rings. The lowest BCUT2D eigenvalue weighted by molar-refractivity contribution is -0.123. The number of para-hydroxylation sites is 1. The highest BCUT2D eigenvalue weighted by molar-refractivity contribution is 14.1. The Labute approximate surface area is 236 Å². The van der Waals surface area contributed by atoms with Crippen molar-refractivity contribution in [2.75, 3.05) is 11.9 Å². The topological polar surface area (TPSA) is 126 Å². The Morgan fingerprint density at radius 3 is 2.29 bits per heavy atom. The van der Waals surface area contributed by atoms with Crippen LogP contribution in [0, 0.1) is 16.4 Å². The molecule has 0 fully saturated rings. The molecule has 3 N–H and O–H groups in total. The Bertz CT molecular complexity index is 1390. The largest absolute Gasteiger partial charge is 0.484 e. The molecule has 1 atom stereocenters. The molecule has 38 heavy (non-hydrogen) atoms. The number of halogens is 1. The predicted octanol–water partition coefficient (Wildman–Crippen LogP) is 4.07. The van der Waals surface area contributed by atoms with Crippen molar-refractivity contribution >= 4 is 56.3 Å². The number of sulfonamides is 1. The average molecular weight is 649 g/mol. The number of nitrogens with one attached hydrogen (secondary N) is 3. The van der Waals surface area contributed by atoms with Crippen molar-refractivity contribution in [3.8, 4) is 5.75 Å². The van der Waals surface area contributed by atoms with E-state index in [0.717, 1.165) is 14.8 Å². The van der Waals surface area contributed by atoms with E-state index in [-0.39, 0.29) is 23.3 Å². The highest BCUT2D eigenvalue weighted by Gasteiger charge is 2.28. The maximum absolute atomic E-state index is 12.7. The van der Waals surface area contributed by atoms with Crippen molar-refractivity contribution in [2.24, 2.45) is 11.0 Å². The van der Waals surface area contributed by atoms with Crippen LogP contribution in [0.4, 0.5) is 5.69 Å². The van der Waals surface area contributed by atoms with Crippen molar-refractivity contribution in [1.29, 1.82) is 0 Å². The van der Waals surface area contributed by atoms with Gasteiger partial charge in [-0.25, -0.2) is 13.8 Å². The summed E-state index contributed by atoms with van der Waals surface area (Å²) in [7, 11) is -3.89. The lowest BCUT2D eigenvalue weighted by Crippen LogP contribution is -2.48. The molecule has 2 amide bonds. The van der Waals surface area contributed by atoms with Gasteiger partial charge in [-0.3, -0.25) is 9.59 Å². The Balaban J connectivity index is 1.52. The molecule has 0 saturated carbocycles. The number of carbonyl (C=O) groups excluding carboxylic acids is 2. The number of ether oxygens (including phenoxy) is 1. The third kappa shape index (κ3) is 8.64. The van der Waals surface area contributed by atoms with Crippen molar-refractivity contribution in [1.82, 2.24) is 10.1 Å². The zero-order valence-electron chi connectivity index (χ0n) is 21.1. The summed E-state index contributed by atoms with van der Waals surface area (Å²) < 4.78 is 34.4. The fourth-order valence-corrected chi connectivity index (χ4v) is 5.10. The number of hydrogen-bond acceptors (Lipinski definition) is 6. The molecule has 0 aromatic heterocycles. The first-order valence-electron chi connectivity index (χ1n) is 11.7. The van der Waals surface area contributed by atoms with Gasteiger partial charge in [-0.2, -0.15) is 9.82 Å². The van der Waals surface area contributed by atoms with Crippen molar-refractivity contribution in [3.05, 3.63) is 87.5 Å². The number of hydrazone groups is 1. The zero-order chi connectivity index (χ0) is 27.7. The summed E-state index contributed by atoms with van der Waals surface area (Å²) in [6.45, 7) is 5.19. The highest BCUT2D eigenvalue weighted by atomic mass is 127. The molecule has 9 nitrogen and oxygen atoms in total. The van der Waals surface area contributed by atoms with Crippen LogP contribution in [0.15, 0.2) is 82.8 Å². The second kappa shape index (κ2) is 13.5. The Hall–Kier alpha value is -3.29. The van der Waals surface area contributed by atoms with Crippen LogP contribution < -0.4 is 20.2 Å². The zero-order valence-corrected chi connectivity index (χ0v) is 24.1. The SMILES string of the molecule is Cc1ccc(S(=O)(=O)N[C@H](C(=O)N/N=C\c2ccc(OCC(=O)Nc3ccccc3I)cc2)C(C)C)cc1.